The summed E-state index contributed by atoms with van der Waals surface area (Å²) < 4.78 is 16.4. The number of hydrogen-bond acceptors (Lipinski definition) is 5. The van der Waals surface area contributed by atoms with Gasteiger partial charge in [-0.2, -0.15) is 0 Å². The lowest BCUT2D eigenvalue weighted by molar-refractivity contribution is -0.141. The molecule has 0 N–H and O–H groups in total. The van der Waals surface area contributed by atoms with Gasteiger partial charge in [-0.3, -0.25) is 4.79 Å². The van der Waals surface area contributed by atoms with Crippen molar-refractivity contribution in [3.05, 3.63) is 131 Å². The molecule has 0 atom stereocenters. The fourth-order valence-corrected chi connectivity index (χ4v) is 5.34. The van der Waals surface area contributed by atoms with E-state index in [9.17, 15) is 9.59 Å². The Morgan fingerprint density at radius 3 is 2.15 bits per heavy atom. The van der Waals surface area contributed by atoms with Gasteiger partial charge in [0, 0.05) is 46.0 Å². The Balaban J connectivity index is 1.23. The van der Waals surface area contributed by atoms with Crippen LogP contribution in [0.25, 0.3) is 21.5 Å². The van der Waals surface area contributed by atoms with Gasteiger partial charge in [0.15, 0.2) is 0 Å². The van der Waals surface area contributed by atoms with E-state index in [2.05, 4.69) is 67.5 Å². The maximum absolute atomic E-state index is 11.8. The van der Waals surface area contributed by atoms with Crippen molar-refractivity contribution in [3.8, 4) is 35.2 Å². The largest absolute Gasteiger partial charge is 0.494 e. The second kappa shape index (κ2) is 16.7. The maximum Gasteiger partial charge on any atom is 0.335 e. The average molecular weight is 635 g/mol. The molecule has 240 valence electrons. The van der Waals surface area contributed by atoms with Gasteiger partial charge in [0.1, 0.15) is 11.5 Å². The number of rotatable bonds is 11. The number of esters is 2. The first kappa shape index (κ1) is 33.6. The van der Waals surface area contributed by atoms with Crippen molar-refractivity contribution in [2.45, 2.75) is 46.0 Å². The van der Waals surface area contributed by atoms with E-state index in [0.29, 0.717) is 19.0 Å². The Hall–Kier alpha value is -5.78. The van der Waals surface area contributed by atoms with Crippen LogP contribution in [0.5, 0.6) is 11.5 Å². The van der Waals surface area contributed by atoms with Crippen LogP contribution in [-0.4, -0.2) is 25.2 Å². The fraction of sp³-hybridized carbons (Fsp3) is 0.209. The average Bonchev–Trinajstić information content (AvgIpc) is 3.11. The van der Waals surface area contributed by atoms with Crippen LogP contribution < -0.4 is 9.47 Å². The van der Waals surface area contributed by atoms with Crippen molar-refractivity contribution in [1.29, 1.82) is 0 Å². The minimum Gasteiger partial charge on any atom is -0.494 e. The molecule has 0 radical (unpaired) electrons. The zero-order chi connectivity index (χ0) is 33.7. The van der Waals surface area contributed by atoms with Crippen molar-refractivity contribution >= 4 is 33.5 Å². The number of aryl methyl sites for hydroxylation is 1. The lowest BCUT2D eigenvalue weighted by Gasteiger charge is -2.08. The van der Waals surface area contributed by atoms with Crippen molar-refractivity contribution < 1.29 is 23.8 Å². The van der Waals surface area contributed by atoms with E-state index >= 15 is 0 Å². The van der Waals surface area contributed by atoms with Gasteiger partial charge in [0.2, 0.25) is 0 Å². The second-order valence-corrected chi connectivity index (χ2v) is 11.3. The number of benzene rings is 5. The summed E-state index contributed by atoms with van der Waals surface area (Å²) in [5, 5.41) is 3.95. The number of carbonyl (C=O) groups excluding carboxylic acids is 2. The van der Waals surface area contributed by atoms with E-state index in [1.165, 1.54) is 6.92 Å². The van der Waals surface area contributed by atoms with E-state index in [1.807, 2.05) is 54.6 Å². The van der Waals surface area contributed by atoms with Gasteiger partial charge in [-0.05, 0) is 103 Å². The summed E-state index contributed by atoms with van der Waals surface area (Å²) in [5.41, 5.74) is 4.83. The second-order valence-electron chi connectivity index (χ2n) is 11.3. The standard InChI is InChI=1S/C43H38O5/c1-4-34-28-32(16-20-36-23-25-42(48-43(45)5-2)41-13-9-8-12-40(36)41)14-18-35(34)19-15-33-17-21-38-30-39(24-22-37(38)29-33)47-27-11-7-6-10-26-46-31(3)44/h5,8-9,12-14,17-18,21-25,28-30H,2,4,6-7,10-11,26-27H2,1,3H3. The maximum atomic E-state index is 11.8. The van der Waals surface area contributed by atoms with Crippen LogP contribution >= 0.6 is 0 Å². The van der Waals surface area contributed by atoms with Gasteiger partial charge in [0.05, 0.1) is 13.2 Å². The molecule has 0 aliphatic rings. The number of unbranched alkanes of at least 4 members (excludes halogenated alkanes) is 3. The zero-order valence-electron chi connectivity index (χ0n) is 27.4. The number of fused-ring (bicyclic) bond motifs is 2. The number of hydrogen-bond donors (Lipinski definition) is 0. The zero-order valence-corrected chi connectivity index (χ0v) is 27.4. The van der Waals surface area contributed by atoms with Crippen molar-refractivity contribution in [2.24, 2.45) is 0 Å². The molecule has 0 fully saturated rings. The van der Waals surface area contributed by atoms with E-state index < -0.39 is 5.97 Å². The predicted molar refractivity (Wildman–Crippen MR) is 192 cm³/mol. The number of carbonyl (C=O) groups is 2. The smallest absolute Gasteiger partial charge is 0.335 e. The Kier molecular flexibility index (Phi) is 11.7. The molecule has 5 aromatic rings. The number of ether oxygens (including phenoxy) is 3. The molecule has 0 aromatic heterocycles. The van der Waals surface area contributed by atoms with Gasteiger partial charge >= 0.3 is 11.9 Å². The molecule has 0 saturated carbocycles. The lowest BCUT2D eigenvalue weighted by atomic mass is 10.0. The minimum atomic E-state index is -0.496. The van der Waals surface area contributed by atoms with Gasteiger partial charge in [-0.1, -0.05) is 73.6 Å². The molecule has 5 rings (SSSR count). The Morgan fingerprint density at radius 2 is 1.38 bits per heavy atom. The van der Waals surface area contributed by atoms with Crippen LogP contribution in [0, 0.1) is 23.7 Å². The summed E-state index contributed by atoms with van der Waals surface area (Å²) in [7, 11) is 0. The van der Waals surface area contributed by atoms with Crippen molar-refractivity contribution in [1.82, 2.24) is 0 Å². The summed E-state index contributed by atoms with van der Waals surface area (Å²) in [5.74, 6) is 13.9. The predicted octanol–water partition coefficient (Wildman–Crippen LogP) is 8.95. The topological polar surface area (TPSA) is 61.8 Å². The molecule has 5 aromatic carbocycles. The Labute approximate surface area is 282 Å². The van der Waals surface area contributed by atoms with Crippen LogP contribution in [0.3, 0.4) is 0 Å². The third kappa shape index (κ3) is 9.15. The first-order valence-corrected chi connectivity index (χ1v) is 16.3. The molecule has 48 heavy (non-hydrogen) atoms. The SMILES string of the molecule is C=CC(=O)Oc1ccc(C#Cc2ccc(C#Cc3ccc4cc(OCCCCCCOC(C)=O)ccc4c3)c(CC)c2)c2ccccc12. The van der Waals surface area contributed by atoms with Crippen LogP contribution in [0.2, 0.25) is 0 Å². The van der Waals surface area contributed by atoms with Gasteiger partial charge in [-0.25, -0.2) is 4.79 Å². The van der Waals surface area contributed by atoms with Gasteiger partial charge < -0.3 is 14.2 Å². The monoisotopic (exact) mass is 634 g/mol. The lowest BCUT2D eigenvalue weighted by Crippen LogP contribution is -2.03. The molecule has 0 amide bonds. The normalized spacial score (nSPS) is 10.4. The van der Waals surface area contributed by atoms with Crippen LogP contribution in [-0.2, 0) is 20.7 Å². The molecular weight excluding hydrogens is 596 g/mol. The first-order chi connectivity index (χ1) is 23.4. The molecule has 0 aliphatic carbocycles. The highest BCUT2D eigenvalue weighted by Gasteiger charge is 2.08. The quantitative estimate of drug-likeness (QED) is 0.0477. The molecule has 0 spiro atoms. The van der Waals surface area contributed by atoms with E-state index in [1.54, 1.807) is 6.07 Å². The summed E-state index contributed by atoms with van der Waals surface area (Å²) in [6, 6.07) is 29.9. The van der Waals surface area contributed by atoms with Crippen LogP contribution in [0.1, 0.15) is 67.3 Å². The molecule has 0 aliphatic heterocycles. The highest BCUT2D eigenvalue weighted by Crippen LogP contribution is 2.29. The van der Waals surface area contributed by atoms with Crippen LogP contribution in [0.15, 0.2) is 104 Å². The third-order valence-corrected chi connectivity index (χ3v) is 7.85. The summed E-state index contributed by atoms with van der Waals surface area (Å²) >= 11 is 0. The highest BCUT2D eigenvalue weighted by molar-refractivity contribution is 5.95. The highest BCUT2D eigenvalue weighted by atomic mass is 16.5. The minimum absolute atomic E-state index is 0.223. The molecule has 0 heterocycles. The summed E-state index contributed by atoms with van der Waals surface area (Å²) in [4.78, 5) is 22.6. The summed E-state index contributed by atoms with van der Waals surface area (Å²) in [6.07, 6.45) is 5.88. The van der Waals surface area contributed by atoms with E-state index in [0.717, 1.165) is 93.3 Å². The Morgan fingerprint density at radius 1 is 0.708 bits per heavy atom. The van der Waals surface area contributed by atoms with Gasteiger partial charge in [0.25, 0.3) is 0 Å². The molecule has 0 bridgehead atoms. The van der Waals surface area contributed by atoms with E-state index in [4.69, 9.17) is 14.2 Å². The summed E-state index contributed by atoms with van der Waals surface area (Å²) in [6.45, 7) is 8.19. The molecule has 5 heteroatoms. The molecular formula is C43H38O5. The molecule has 0 unspecified atom stereocenters. The van der Waals surface area contributed by atoms with Gasteiger partial charge in [-0.15, -0.1) is 0 Å². The van der Waals surface area contributed by atoms with Crippen molar-refractivity contribution in [3.63, 3.8) is 0 Å². The molecule has 0 saturated heterocycles. The van der Waals surface area contributed by atoms with E-state index in [-0.39, 0.29) is 5.97 Å². The first-order valence-electron chi connectivity index (χ1n) is 16.3. The molecule has 5 nitrogen and oxygen atoms in total. The third-order valence-electron chi connectivity index (χ3n) is 7.85. The van der Waals surface area contributed by atoms with Crippen molar-refractivity contribution in [2.75, 3.05) is 13.2 Å². The van der Waals surface area contributed by atoms with Crippen LogP contribution in [0.4, 0.5) is 0 Å². The fourth-order valence-electron chi connectivity index (χ4n) is 5.34. The Bertz CT molecular complexity index is 2080.